The molecule has 112 valence electrons. The third kappa shape index (κ3) is 2.71. The highest BCUT2D eigenvalue weighted by molar-refractivity contribution is 7.13. The molecule has 22 heavy (non-hydrogen) atoms. The van der Waals surface area contributed by atoms with E-state index in [1.807, 2.05) is 46.0 Å². The molecular weight excluding hydrogens is 316 g/mol. The van der Waals surface area contributed by atoms with Gasteiger partial charge in [0.1, 0.15) is 5.69 Å². The second kappa shape index (κ2) is 5.70. The topological polar surface area (TPSA) is 46.3 Å². The zero-order chi connectivity index (χ0) is 14.9. The number of aromatic nitrogens is 1. The van der Waals surface area contributed by atoms with Gasteiger partial charge >= 0.3 is 0 Å². The van der Waals surface area contributed by atoms with Gasteiger partial charge < -0.3 is 9.42 Å². The standard InChI is InChI=1S/C16H14N2O2S2/c19-16(15-4-2-8-22-15)18(12-5-6-12)10-11-9-13(20-17-11)14-3-1-7-21-14/h1-4,7-9,12H,5-6,10H2. The van der Waals surface area contributed by atoms with Crippen LogP contribution in [0.1, 0.15) is 28.2 Å². The largest absolute Gasteiger partial charge is 0.355 e. The maximum Gasteiger partial charge on any atom is 0.264 e. The average molecular weight is 330 g/mol. The van der Waals surface area contributed by atoms with Crippen molar-refractivity contribution in [1.29, 1.82) is 0 Å². The maximum atomic E-state index is 12.6. The molecule has 0 spiro atoms. The summed E-state index contributed by atoms with van der Waals surface area (Å²) in [6.07, 6.45) is 2.15. The SMILES string of the molecule is O=C(c1cccs1)N(Cc1cc(-c2cccs2)on1)C1CC1. The van der Waals surface area contributed by atoms with Gasteiger partial charge in [-0.3, -0.25) is 4.79 Å². The lowest BCUT2D eigenvalue weighted by molar-refractivity contribution is 0.0731. The summed E-state index contributed by atoms with van der Waals surface area (Å²) >= 11 is 3.10. The third-order valence-electron chi connectivity index (χ3n) is 3.64. The van der Waals surface area contributed by atoms with Crippen molar-refractivity contribution in [2.24, 2.45) is 0 Å². The third-order valence-corrected chi connectivity index (χ3v) is 5.38. The van der Waals surface area contributed by atoms with Crippen molar-refractivity contribution in [3.63, 3.8) is 0 Å². The lowest BCUT2D eigenvalue weighted by Crippen LogP contribution is -2.32. The number of rotatable bonds is 5. The van der Waals surface area contributed by atoms with Gasteiger partial charge in [0.15, 0.2) is 5.76 Å². The molecule has 1 aliphatic rings. The molecule has 0 bridgehead atoms. The summed E-state index contributed by atoms with van der Waals surface area (Å²) in [5.41, 5.74) is 0.806. The maximum absolute atomic E-state index is 12.6. The fraction of sp³-hybridized carbons (Fsp3) is 0.250. The van der Waals surface area contributed by atoms with Gasteiger partial charge in [0.25, 0.3) is 5.91 Å². The molecule has 0 radical (unpaired) electrons. The first-order chi connectivity index (χ1) is 10.8. The second-order valence-corrected chi connectivity index (χ2v) is 7.20. The highest BCUT2D eigenvalue weighted by Crippen LogP contribution is 2.31. The molecule has 3 aromatic heterocycles. The summed E-state index contributed by atoms with van der Waals surface area (Å²) in [5.74, 6) is 0.863. The lowest BCUT2D eigenvalue weighted by atomic mass is 10.3. The number of nitrogens with zero attached hydrogens (tertiary/aromatic N) is 2. The molecule has 0 atom stereocenters. The average Bonchev–Trinajstić information content (AvgIpc) is 3.01. The van der Waals surface area contributed by atoms with Crippen LogP contribution in [0.25, 0.3) is 10.6 Å². The minimum absolute atomic E-state index is 0.0955. The molecule has 1 fully saturated rings. The molecule has 4 rings (SSSR count). The Morgan fingerprint density at radius 1 is 1.27 bits per heavy atom. The molecule has 3 aromatic rings. The van der Waals surface area contributed by atoms with Crippen molar-refractivity contribution >= 4 is 28.6 Å². The van der Waals surface area contributed by atoms with E-state index < -0.39 is 0 Å². The van der Waals surface area contributed by atoms with Crippen LogP contribution in [0.4, 0.5) is 0 Å². The minimum atomic E-state index is 0.0955. The van der Waals surface area contributed by atoms with Crippen molar-refractivity contribution in [2.45, 2.75) is 25.4 Å². The van der Waals surface area contributed by atoms with Gasteiger partial charge in [0, 0.05) is 12.1 Å². The Kier molecular flexibility index (Phi) is 3.56. The van der Waals surface area contributed by atoms with E-state index in [9.17, 15) is 4.79 Å². The van der Waals surface area contributed by atoms with E-state index in [4.69, 9.17) is 4.52 Å². The van der Waals surface area contributed by atoms with Gasteiger partial charge in [-0.2, -0.15) is 0 Å². The first-order valence-electron chi connectivity index (χ1n) is 7.15. The van der Waals surface area contributed by atoms with Crippen LogP contribution in [0, 0.1) is 0 Å². The van der Waals surface area contributed by atoms with Crippen molar-refractivity contribution in [1.82, 2.24) is 10.1 Å². The molecule has 0 N–H and O–H groups in total. The van der Waals surface area contributed by atoms with E-state index >= 15 is 0 Å². The van der Waals surface area contributed by atoms with Crippen molar-refractivity contribution in [3.05, 3.63) is 51.7 Å². The van der Waals surface area contributed by atoms with Crippen LogP contribution in [-0.2, 0) is 6.54 Å². The smallest absolute Gasteiger partial charge is 0.264 e. The van der Waals surface area contributed by atoms with E-state index in [2.05, 4.69) is 5.16 Å². The highest BCUT2D eigenvalue weighted by Gasteiger charge is 2.34. The van der Waals surface area contributed by atoms with Gasteiger partial charge in [-0.05, 0) is 35.7 Å². The van der Waals surface area contributed by atoms with Crippen LogP contribution in [0.5, 0.6) is 0 Å². The Bertz CT molecular complexity index is 758. The van der Waals surface area contributed by atoms with Crippen LogP contribution >= 0.6 is 22.7 Å². The molecule has 1 saturated carbocycles. The summed E-state index contributed by atoms with van der Waals surface area (Å²) in [6, 6.07) is 10.1. The number of carbonyl (C=O) groups excluding carboxylic acids is 1. The number of hydrogen-bond donors (Lipinski definition) is 0. The minimum Gasteiger partial charge on any atom is -0.355 e. The molecule has 0 aromatic carbocycles. The van der Waals surface area contributed by atoms with Crippen LogP contribution in [0.3, 0.4) is 0 Å². The molecule has 6 heteroatoms. The van der Waals surface area contributed by atoms with Crippen molar-refractivity contribution < 1.29 is 9.32 Å². The monoisotopic (exact) mass is 330 g/mol. The summed E-state index contributed by atoms with van der Waals surface area (Å²) < 4.78 is 5.41. The second-order valence-electron chi connectivity index (χ2n) is 5.30. The van der Waals surface area contributed by atoms with E-state index in [1.54, 1.807) is 11.3 Å². The number of thiophene rings is 2. The molecule has 1 amide bonds. The van der Waals surface area contributed by atoms with Crippen LogP contribution in [0.15, 0.2) is 45.6 Å². The fourth-order valence-electron chi connectivity index (χ4n) is 2.39. The number of hydrogen-bond acceptors (Lipinski definition) is 5. The lowest BCUT2D eigenvalue weighted by Gasteiger charge is -2.20. The van der Waals surface area contributed by atoms with Gasteiger partial charge in [0.2, 0.25) is 0 Å². The quantitative estimate of drug-likeness (QED) is 0.702. The van der Waals surface area contributed by atoms with E-state index in [-0.39, 0.29) is 5.91 Å². The Morgan fingerprint density at radius 3 is 2.77 bits per heavy atom. The summed E-state index contributed by atoms with van der Waals surface area (Å²) in [7, 11) is 0. The summed E-state index contributed by atoms with van der Waals surface area (Å²) in [6.45, 7) is 0.510. The van der Waals surface area contributed by atoms with Crippen LogP contribution < -0.4 is 0 Å². The van der Waals surface area contributed by atoms with Crippen molar-refractivity contribution in [2.75, 3.05) is 0 Å². The van der Waals surface area contributed by atoms with Crippen LogP contribution in [0.2, 0.25) is 0 Å². The van der Waals surface area contributed by atoms with Gasteiger partial charge in [-0.15, -0.1) is 22.7 Å². The molecule has 4 nitrogen and oxygen atoms in total. The summed E-state index contributed by atoms with van der Waals surface area (Å²) in [5, 5.41) is 8.07. The first kappa shape index (κ1) is 13.7. The van der Waals surface area contributed by atoms with E-state index in [0.717, 1.165) is 34.1 Å². The predicted molar refractivity (Wildman–Crippen MR) is 87.0 cm³/mol. The number of carbonyl (C=O) groups is 1. The first-order valence-corrected chi connectivity index (χ1v) is 8.91. The Balaban J connectivity index is 1.54. The Hall–Kier alpha value is -1.92. The molecule has 0 saturated heterocycles. The Labute approximate surface area is 136 Å². The summed E-state index contributed by atoms with van der Waals surface area (Å²) in [4.78, 5) is 16.4. The molecule has 1 aliphatic carbocycles. The zero-order valence-electron chi connectivity index (χ0n) is 11.8. The molecule has 3 heterocycles. The van der Waals surface area contributed by atoms with Crippen LogP contribution in [-0.4, -0.2) is 22.0 Å². The normalized spacial score (nSPS) is 14.2. The van der Waals surface area contributed by atoms with E-state index in [0.29, 0.717) is 12.6 Å². The van der Waals surface area contributed by atoms with Gasteiger partial charge in [0.05, 0.1) is 16.3 Å². The van der Waals surface area contributed by atoms with Gasteiger partial charge in [-0.1, -0.05) is 17.3 Å². The molecule has 0 aliphatic heterocycles. The zero-order valence-corrected chi connectivity index (χ0v) is 13.4. The fourth-order valence-corrected chi connectivity index (χ4v) is 3.74. The number of amides is 1. The van der Waals surface area contributed by atoms with Gasteiger partial charge in [-0.25, -0.2) is 0 Å². The predicted octanol–water partition coefficient (Wildman–Crippen LogP) is 4.27. The highest BCUT2D eigenvalue weighted by atomic mass is 32.1. The van der Waals surface area contributed by atoms with Crippen molar-refractivity contribution in [3.8, 4) is 10.6 Å². The molecule has 0 unspecified atom stereocenters. The van der Waals surface area contributed by atoms with E-state index in [1.165, 1.54) is 11.3 Å². The Morgan fingerprint density at radius 2 is 2.09 bits per heavy atom. The molecular formula is C16H14N2O2S2.